The molecule has 3 atom stereocenters. The first-order chi connectivity index (χ1) is 16.0. The van der Waals surface area contributed by atoms with Crippen LogP contribution in [0.25, 0.3) is 0 Å². The molecule has 0 saturated carbocycles. The molecular formula is C25H33FN2O6S. The van der Waals surface area contributed by atoms with Gasteiger partial charge in [0.25, 0.3) is 5.69 Å². The molecule has 0 bridgehead atoms. The Morgan fingerprint density at radius 2 is 1.69 bits per heavy atom. The third-order valence-corrected chi connectivity index (χ3v) is 6.71. The van der Waals surface area contributed by atoms with E-state index in [1.54, 1.807) is 65.8 Å². The summed E-state index contributed by atoms with van der Waals surface area (Å²) in [4.78, 5) is 24.2. The standard InChI is InChI=1S/C25H33FN2O6S/c1-23(2,3)34-22(29)21(33-16-17-11-9-8-10-12-17)25(7,27-35(32)24(4,5)6)19-15-18(28(30)31)13-14-20(19)26/h8-15,21,27H,16H2,1-7H3/t21?,25-,35?/m1/s1. The molecule has 35 heavy (non-hydrogen) atoms. The molecule has 2 aromatic rings. The van der Waals surface area contributed by atoms with Gasteiger partial charge in [-0.2, -0.15) is 0 Å². The number of nitrogens with zero attached hydrogens (tertiary/aromatic N) is 1. The molecule has 0 spiro atoms. The minimum atomic E-state index is -1.82. The van der Waals surface area contributed by atoms with E-state index in [1.165, 1.54) is 6.92 Å². The van der Waals surface area contributed by atoms with Crippen LogP contribution in [0.3, 0.4) is 0 Å². The highest BCUT2D eigenvalue weighted by molar-refractivity contribution is 7.90. The highest BCUT2D eigenvalue weighted by Crippen LogP contribution is 2.36. The molecule has 0 saturated heterocycles. The zero-order valence-corrected chi connectivity index (χ0v) is 21.9. The summed E-state index contributed by atoms with van der Waals surface area (Å²) >= 11 is -1.82. The lowest BCUT2D eigenvalue weighted by atomic mass is 9.86. The fourth-order valence-electron chi connectivity index (χ4n) is 3.20. The second-order valence-electron chi connectivity index (χ2n) is 10.3. The van der Waals surface area contributed by atoms with Gasteiger partial charge in [0, 0.05) is 29.1 Å². The van der Waals surface area contributed by atoms with Crippen LogP contribution in [0.5, 0.6) is 0 Å². The number of nitro benzene ring substituents is 1. The molecule has 0 aromatic heterocycles. The number of non-ortho nitro benzene ring substituents is 1. The molecule has 0 heterocycles. The molecule has 192 valence electrons. The summed E-state index contributed by atoms with van der Waals surface area (Å²) < 4.78 is 42.1. The first-order valence-corrected chi connectivity index (χ1v) is 12.2. The van der Waals surface area contributed by atoms with Crippen molar-refractivity contribution in [2.75, 3.05) is 0 Å². The van der Waals surface area contributed by atoms with Crippen molar-refractivity contribution in [3.05, 3.63) is 75.6 Å². The van der Waals surface area contributed by atoms with E-state index in [9.17, 15) is 19.5 Å². The van der Waals surface area contributed by atoms with Gasteiger partial charge < -0.3 is 14.0 Å². The second-order valence-corrected chi connectivity index (χ2v) is 12.3. The molecule has 0 aliphatic heterocycles. The van der Waals surface area contributed by atoms with Gasteiger partial charge in [-0.25, -0.2) is 9.18 Å². The number of halogens is 1. The van der Waals surface area contributed by atoms with Gasteiger partial charge in [-0.1, -0.05) is 30.3 Å². The van der Waals surface area contributed by atoms with Crippen LogP contribution in [0.15, 0.2) is 48.5 Å². The van der Waals surface area contributed by atoms with E-state index in [4.69, 9.17) is 9.47 Å². The minimum absolute atomic E-state index is 0.0410. The van der Waals surface area contributed by atoms with Crippen LogP contribution in [-0.2, 0) is 37.8 Å². The normalized spacial score (nSPS) is 15.7. The minimum Gasteiger partial charge on any atom is -0.598 e. The van der Waals surface area contributed by atoms with Gasteiger partial charge in [-0.15, -0.1) is 4.72 Å². The second kappa shape index (κ2) is 11.0. The van der Waals surface area contributed by atoms with Gasteiger partial charge in [0.2, 0.25) is 0 Å². The Morgan fingerprint density at radius 1 is 1.09 bits per heavy atom. The molecule has 2 rings (SSSR count). The van der Waals surface area contributed by atoms with Crippen LogP contribution < -0.4 is 4.72 Å². The van der Waals surface area contributed by atoms with E-state index in [0.29, 0.717) is 0 Å². The maximum Gasteiger partial charge on any atom is 0.338 e. The fraction of sp³-hybridized carbons (Fsp3) is 0.480. The van der Waals surface area contributed by atoms with Gasteiger partial charge in [0.15, 0.2) is 6.10 Å². The van der Waals surface area contributed by atoms with Crippen LogP contribution in [0.4, 0.5) is 10.1 Å². The first kappa shape index (κ1) is 28.7. The number of ether oxygens (including phenoxy) is 2. The Morgan fingerprint density at radius 3 is 2.20 bits per heavy atom. The molecular weight excluding hydrogens is 475 g/mol. The number of benzene rings is 2. The van der Waals surface area contributed by atoms with Crippen molar-refractivity contribution in [2.45, 2.75) is 77.1 Å². The summed E-state index contributed by atoms with van der Waals surface area (Å²) in [6, 6.07) is 12.0. The first-order valence-electron chi connectivity index (χ1n) is 11.1. The van der Waals surface area contributed by atoms with Crippen LogP contribution >= 0.6 is 0 Å². The highest BCUT2D eigenvalue weighted by Gasteiger charge is 2.50. The lowest BCUT2D eigenvalue weighted by Gasteiger charge is -2.39. The zero-order chi connectivity index (χ0) is 26.6. The summed E-state index contributed by atoms with van der Waals surface area (Å²) in [5.41, 5.74) is -2.60. The van der Waals surface area contributed by atoms with Crippen molar-refractivity contribution < 1.29 is 28.1 Å². The van der Waals surface area contributed by atoms with E-state index in [2.05, 4.69) is 4.72 Å². The van der Waals surface area contributed by atoms with E-state index in [0.717, 1.165) is 23.8 Å². The van der Waals surface area contributed by atoms with Crippen molar-refractivity contribution in [3.8, 4) is 0 Å². The van der Waals surface area contributed by atoms with E-state index >= 15 is 4.39 Å². The van der Waals surface area contributed by atoms with E-state index in [1.807, 2.05) is 6.07 Å². The topological polar surface area (TPSA) is 114 Å². The van der Waals surface area contributed by atoms with E-state index in [-0.39, 0.29) is 17.9 Å². The van der Waals surface area contributed by atoms with Crippen molar-refractivity contribution >= 4 is 23.0 Å². The number of carbonyl (C=O) groups is 1. The van der Waals surface area contributed by atoms with Crippen molar-refractivity contribution in [1.29, 1.82) is 0 Å². The number of hydrogen-bond acceptors (Lipinski definition) is 7. The average Bonchev–Trinajstić information content (AvgIpc) is 2.72. The summed E-state index contributed by atoms with van der Waals surface area (Å²) in [5.74, 6) is -1.66. The van der Waals surface area contributed by atoms with Gasteiger partial charge in [-0.05, 0) is 60.1 Å². The molecule has 1 N–H and O–H groups in total. The fourth-order valence-corrected chi connectivity index (χ4v) is 4.11. The molecule has 0 amide bonds. The highest BCUT2D eigenvalue weighted by atomic mass is 32.2. The lowest BCUT2D eigenvalue weighted by Crippen LogP contribution is -2.59. The van der Waals surface area contributed by atoms with Crippen LogP contribution in [0.2, 0.25) is 0 Å². The molecule has 2 unspecified atom stereocenters. The zero-order valence-electron chi connectivity index (χ0n) is 21.1. The molecule has 0 aliphatic rings. The van der Waals surface area contributed by atoms with Crippen LogP contribution in [0, 0.1) is 15.9 Å². The number of carbonyl (C=O) groups excluding carboxylic acids is 1. The maximum atomic E-state index is 15.2. The van der Waals surface area contributed by atoms with Gasteiger partial charge >= 0.3 is 5.97 Å². The van der Waals surface area contributed by atoms with Crippen LogP contribution in [0.1, 0.15) is 59.6 Å². The third kappa shape index (κ3) is 7.73. The third-order valence-electron chi connectivity index (χ3n) is 4.99. The molecule has 2 aromatic carbocycles. The Bertz CT molecular complexity index is 1040. The number of nitro groups is 1. The summed E-state index contributed by atoms with van der Waals surface area (Å²) in [6.07, 6.45) is -1.51. The SMILES string of the molecule is CC(C)(C)OC(=O)C(OCc1ccccc1)[C@](C)(N[S+]([O-])C(C)(C)C)c1cc([N+](=O)[O-])ccc1F. The summed E-state index contributed by atoms with van der Waals surface area (Å²) in [6.45, 7) is 11.5. The largest absolute Gasteiger partial charge is 0.598 e. The van der Waals surface area contributed by atoms with Gasteiger partial charge in [0.05, 0.1) is 11.5 Å². The molecule has 10 heteroatoms. The Labute approximate surface area is 208 Å². The Balaban J connectivity index is 2.68. The van der Waals surface area contributed by atoms with Gasteiger partial charge in [-0.3, -0.25) is 10.1 Å². The van der Waals surface area contributed by atoms with Crippen molar-refractivity contribution in [2.24, 2.45) is 0 Å². The smallest absolute Gasteiger partial charge is 0.338 e. The predicted molar refractivity (Wildman–Crippen MR) is 132 cm³/mol. The van der Waals surface area contributed by atoms with E-state index < -0.39 is 50.1 Å². The summed E-state index contributed by atoms with van der Waals surface area (Å²) in [7, 11) is 0. The van der Waals surface area contributed by atoms with Crippen molar-refractivity contribution in [3.63, 3.8) is 0 Å². The average molecular weight is 509 g/mol. The number of hydrogen-bond donors (Lipinski definition) is 1. The predicted octanol–water partition coefficient (Wildman–Crippen LogP) is 4.93. The number of esters is 1. The van der Waals surface area contributed by atoms with Crippen molar-refractivity contribution in [1.82, 2.24) is 4.72 Å². The molecule has 0 fully saturated rings. The van der Waals surface area contributed by atoms with Crippen LogP contribution in [-0.4, -0.2) is 31.9 Å². The van der Waals surface area contributed by atoms with Gasteiger partial charge in [0.1, 0.15) is 21.7 Å². The lowest BCUT2D eigenvalue weighted by molar-refractivity contribution is -0.385. The quantitative estimate of drug-likeness (QED) is 0.221. The summed E-state index contributed by atoms with van der Waals surface area (Å²) in [5, 5.41) is 11.5. The Kier molecular flexibility index (Phi) is 9.05. The molecule has 8 nitrogen and oxygen atoms in total. The molecule has 0 radical (unpaired) electrons. The Hall–Kier alpha value is -2.53. The number of nitrogens with one attached hydrogen (secondary N) is 1. The number of rotatable bonds is 9. The maximum absolute atomic E-state index is 15.2. The molecule has 0 aliphatic carbocycles. The monoisotopic (exact) mass is 508 g/mol.